The molecule has 0 unspecified atom stereocenters. The summed E-state index contributed by atoms with van der Waals surface area (Å²) in [5.41, 5.74) is 0.661. The Labute approximate surface area is 165 Å². The minimum atomic E-state index is -0.00481. The quantitative estimate of drug-likeness (QED) is 0.779. The summed E-state index contributed by atoms with van der Waals surface area (Å²) in [6, 6.07) is 7.20. The van der Waals surface area contributed by atoms with Crippen molar-refractivity contribution in [1.82, 2.24) is 9.80 Å². The molecule has 0 N–H and O–H groups in total. The van der Waals surface area contributed by atoms with Gasteiger partial charge in [-0.3, -0.25) is 9.59 Å². The van der Waals surface area contributed by atoms with Crippen LogP contribution in [0.1, 0.15) is 43.5 Å². The zero-order valence-corrected chi connectivity index (χ0v) is 16.7. The van der Waals surface area contributed by atoms with Crippen molar-refractivity contribution >= 4 is 23.4 Å². The van der Waals surface area contributed by atoms with Gasteiger partial charge >= 0.3 is 0 Å². The molecule has 3 atom stereocenters. The van der Waals surface area contributed by atoms with Gasteiger partial charge in [-0.1, -0.05) is 23.7 Å². The zero-order chi connectivity index (χ0) is 19.2. The Balaban J connectivity index is 1.35. The van der Waals surface area contributed by atoms with Crippen LogP contribution in [-0.4, -0.2) is 60.0 Å². The van der Waals surface area contributed by atoms with Gasteiger partial charge in [0, 0.05) is 32.1 Å². The van der Waals surface area contributed by atoms with Gasteiger partial charge in [-0.05, 0) is 50.7 Å². The first-order valence-electron chi connectivity index (χ1n) is 9.88. The van der Waals surface area contributed by atoms with E-state index in [4.69, 9.17) is 16.3 Å². The molecule has 1 aliphatic carbocycles. The molecule has 5 nitrogen and oxygen atoms in total. The number of rotatable bonds is 2. The molecular formula is C21H27ClN2O3. The van der Waals surface area contributed by atoms with E-state index in [9.17, 15) is 9.59 Å². The standard InChI is InChI=1S/C21H27ClN2O3/c1-14-12-24(13-15(2)27-14)20(26)17-11-21(17)7-9-23(10-8-21)19(25)16-5-3-4-6-18(16)22/h3-6,14-15,17H,7-13H2,1-2H3/t14-,15+,17-/m1/s1. The van der Waals surface area contributed by atoms with Crippen molar-refractivity contribution in [3.05, 3.63) is 34.9 Å². The third kappa shape index (κ3) is 3.59. The first-order chi connectivity index (χ1) is 12.9. The number of nitrogens with zero attached hydrogens (tertiary/aromatic N) is 2. The first kappa shape index (κ1) is 18.8. The number of likely N-dealkylation sites (tertiary alicyclic amines) is 1. The van der Waals surface area contributed by atoms with Crippen LogP contribution in [0.2, 0.25) is 5.02 Å². The van der Waals surface area contributed by atoms with E-state index in [0.29, 0.717) is 36.8 Å². The smallest absolute Gasteiger partial charge is 0.255 e. The second-order valence-corrected chi connectivity index (χ2v) is 8.80. The van der Waals surface area contributed by atoms with Crippen LogP contribution in [0.5, 0.6) is 0 Å². The summed E-state index contributed by atoms with van der Waals surface area (Å²) in [5, 5.41) is 0.498. The second-order valence-electron chi connectivity index (χ2n) is 8.39. The Morgan fingerprint density at radius 2 is 1.70 bits per heavy atom. The van der Waals surface area contributed by atoms with Crippen LogP contribution in [0.3, 0.4) is 0 Å². The fourth-order valence-electron chi connectivity index (χ4n) is 4.79. The van der Waals surface area contributed by atoms with Gasteiger partial charge in [-0.15, -0.1) is 0 Å². The van der Waals surface area contributed by atoms with Crippen LogP contribution in [0.25, 0.3) is 0 Å². The van der Waals surface area contributed by atoms with E-state index in [1.54, 1.807) is 12.1 Å². The summed E-state index contributed by atoms with van der Waals surface area (Å²) in [5.74, 6) is 0.394. The SMILES string of the molecule is C[C@@H]1CN(C(=O)[C@H]2CC23CCN(C(=O)c2ccccc2Cl)CC3)C[C@H](C)O1. The second kappa shape index (κ2) is 7.10. The van der Waals surface area contributed by atoms with Crippen LogP contribution in [0.15, 0.2) is 24.3 Å². The number of carbonyl (C=O) groups is 2. The highest BCUT2D eigenvalue weighted by atomic mass is 35.5. The molecule has 0 aromatic heterocycles. The van der Waals surface area contributed by atoms with E-state index in [0.717, 1.165) is 19.3 Å². The zero-order valence-electron chi connectivity index (χ0n) is 16.0. The first-order valence-corrected chi connectivity index (χ1v) is 10.3. The van der Waals surface area contributed by atoms with E-state index in [1.807, 2.05) is 35.8 Å². The molecule has 27 heavy (non-hydrogen) atoms. The Hall–Kier alpha value is -1.59. The van der Waals surface area contributed by atoms with E-state index in [-0.39, 0.29) is 35.4 Å². The van der Waals surface area contributed by atoms with Crippen LogP contribution < -0.4 is 0 Å². The van der Waals surface area contributed by atoms with Crippen LogP contribution in [0, 0.1) is 11.3 Å². The molecular weight excluding hydrogens is 364 g/mol. The molecule has 1 aromatic carbocycles. The van der Waals surface area contributed by atoms with E-state index >= 15 is 0 Å². The molecule has 4 rings (SSSR count). The van der Waals surface area contributed by atoms with Gasteiger partial charge in [0.15, 0.2) is 0 Å². The Bertz CT molecular complexity index is 735. The predicted octanol–water partition coefficient (Wildman–Crippen LogP) is 3.22. The van der Waals surface area contributed by atoms with Crippen molar-refractivity contribution in [2.24, 2.45) is 11.3 Å². The number of ether oxygens (including phenoxy) is 1. The fraction of sp³-hybridized carbons (Fsp3) is 0.619. The summed E-state index contributed by atoms with van der Waals surface area (Å²) in [4.78, 5) is 29.6. The molecule has 2 amide bonds. The fourth-order valence-corrected chi connectivity index (χ4v) is 5.00. The van der Waals surface area contributed by atoms with Gasteiger partial charge in [0.05, 0.1) is 22.8 Å². The highest BCUT2D eigenvalue weighted by Gasteiger charge is 2.59. The molecule has 1 aromatic rings. The maximum absolute atomic E-state index is 13.0. The summed E-state index contributed by atoms with van der Waals surface area (Å²) < 4.78 is 5.75. The van der Waals surface area contributed by atoms with Gasteiger partial charge in [0.1, 0.15) is 0 Å². The lowest BCUT2D eigenvalue weighted by atomic mass is 9.90. The molecule has 2 aliphatic heterocycles. The van der Waals surface area contributed by atoms with Gasteiger partial charge in [0.2, 0.25) is 5.91 Å². The average Bonchev–Trinajstić information content (AvgIpc) is 3.34. The average molecular weight is 391 g/mol. The minimum absolute atomic E-state index is 0.00481. The molecule has 1 saturated carbocycles. The number of hydrogen-bond donors (Lipinski definition) is 0. The summed E-state index contributed by atoms with van der Waals surface area (Å²) in [7, 11) is 0. The molecule has 2 heterocycles. The lowest BCUT2D eigenvalue weighted by Gasteiger charge is -2.37. The van der Waals surface area contributed by atoms with Crippen LogP contribution in [0.4, 0.5) is 0 Å². The number of amides is 2. The van der Waals surface area contributed by atoms with E-state index in [2.05, 4.69) is 0 Å². The number of piperidine rings is 1. The van der Waals surface area contributed by atoms with E-state index < -0.39 is 0 Å². The Kier molecular flexibility index (Phi) is 4.93. The van der Waals surface area contributed by atoms with Crippen molar-refractivity contribution < 1.29 is 14.3 Å². The largest absolute Gasteiger partial charge is 0.372 e. The lowest BCUT2D eigenvalue weighted by Crippen LogP contribution is -2.49. The van der Waals surface area contributed by atoms with Gasteiger partial charge < -0.3 is 14.5 Å². The summed E-state index contributed by atoms with van der Waals surface area (Å²) in [6.07, 6.45) is 2.95. The molecule has 1 spiro atoms. The van der Waals surface area contributed by atoms with Crippen molar-refractivity contribution in [2.45, 2.75) is 45.3 Å². The van der Waals surface area contributed by atoms with Crippen LogP contribution in [-0.2, 0) is 9.53 Å². The number of benzene rings is 1. The third-order valence-corrected chi connectivity index (χ3v) is 6.70. The van der Waals surface area contributed by atoms with Gasteiger partial charge in [-0.2, -0.15) is 0 Å². The number of hydrogen-bond acceptors (Lipinski definition) is 3. The monoisotopic (exact) mass is 390 g/mol. The van der Waals surface area contributed by atoms with Crippen molar-refractivity contribution in [3.8, 4) is 0 Å². The lowest BCUT2D eigenvalue weighted by molar-refractivity contribution is -0.145. The van der Waals surface area contributed by atoms with E-state index in [1.165, 1.54) is 0 Å². The third-order valence-electron chi connectivity index (χ3n) is 6.37. The summed E-state index contributed by atoms with van der Waals surface area (Å²) in [6.45, 7) is 6.82. The van der Waals surface area contributed by atoms with Gasteiger partial charge in [-0.25, -0.2) is 0 Å². The molecule has 3 aliphatic rings. The van der Waals surface area contributed by atoms with Gasteiger partial charge in [0.25, 0.3) is 5.91 Å². The highest BCUT2D eigenvalue weighted by Crippen LogP contribution is 2.60. The molecule has 6 heteroatoms. The highest BCUT2D eigenvalue weighted by molar-refractivity contribution is 6.33. The number of morpholine rings is 1. The molecule has 146 valence electrons. The maximum Gasteiger partial charge on any atom is 0.255 e. The Morgan fingerprint density at radius 1 is 1.07 bits per heavy atom. The molecule has 2 saturated heterocycles. The van der Waals surface area contributed by atoms with Crippen molar-refractivity contribution in [2.75, 3.05) is 26.2 Å². The predicted molar refractivity (Wildman–Crippen MR) is 104 cm³/mol. The Morgan fingerprint density at radius 3 is 2.33 bits per heavy atom. The maximum atomic E-state index is 13.0. The topological polar surface area (TPSA) is 49.9 Å². The number of carbonyl (C=O) groups excluding carboxylic acids is 2. The molecule has 0 bridgehead atoms. The molecule has 3 fully saturated rings. The van der Waals surface area contributed by atoms with Crippen molar-refractivity contribution in [1.29, 1.82) is 0 Å². The molecule has 0 radical (unpaired) electrons. The summed E-state index contributed by atoms with van der Waals surface area (Å²) >= 11 is 6.17. The van der Waals surface area contributed by atoms with Crippen LogP contribution >= 0.6 is 11.6 Å². The number of halogens is 1. The normalized spacial score (nSPS) is 29.7. The van der Waals surface area contributed by atoms with Crippen molar-refractivity contribution in [3.63, 3.8) is 0 Å². The minimum Gasteiger partial charge on any atom is -0.372 e.